The zero-order chi connectivity index (χ0) is 15.5. The molecule has 0 aliphatic carbocycles. The monoisotopic (exact) mass is 315 g/mol. The molecule has 2 N–H and O–H groups in total. The summed E-state index contributed by atoms with van der Waals surface area (Å²) in [6, 6.07) is 7.90. The van der Waals surface area contributed by atoms with Crippen LogP contribution in [0.4, 0.5) is 5.00 Å². The fourth-order valence-corrected chi connectivity index (χ4v) is 3.38. The first kappa shape index (κ1) is 14.7. The molecule has 0 radical (unpaired) electrons. The van der Waals surface area contributed by atoms with Crippen LogP contribution in [0.3, 0.4) is 0 Å². The second kappa shape index (κ2) is 6.29. The summed E-state index contributed by atoms with van der Waals surface area (Å²) in [5.41, 5.74) is 4.72. The highest BCUT2D eigenvalue weighted by atomic mass is 32.1. The SMILES string of the molecule is Cc1cccc2[nH]cc(CCNCc3csc([N+](=O)[O-])c3)c12. The van der Waals surface area contributed by atoms with E-state index in [9.17, 15) is 10.1 Å². The third kappa shape index (κ3) is 3.03. The van der Waals surface area contributed by atoms with Gasteiger partial charge in [0.2, 0.25) is 0 Å². The van der Waals surface area contributed by atoms with Crippen LogP contribution in [0.25, 0.3) is 10.9 Å². The summed E-state index contributed by atoms with van der Waals surface area (Å²) in [6.07, 6.45) is 2.99. The largest absolute Gasteiger partial charge is 0.361 e. The van der Waals surface area contributed by atoms with Crippen molar-refractivity contribution < 1.29 is 4.92 Å². The zero-order valence-electron chi connectivity index (χ0n) is 12.3. The van der Waals surface area contributed by atoms with Gasteiger partial charge in [0, 0.05) is 35.1 Å². The van der Waals surface area contributed by atoms with Gasteiger partial charge in [-0.15, -0.1) is 0 Å². The molecule has 0 aliphatic rings. The minimum absolute atomic E-state index is 0.198. The Morgan fingerprint density at radius 3 is 3.05 bits per heavy atom. The lowest BCUT2D eigenvalue weighted by Crippen LogP contribution is -2.16. The number of nitrogens with zero attached hydrogens (tertiary/aromatic N) is 1. The van der Waals surface area contributed by atoms with Crippen molar-refractivity contribution in [2.45, 2.75) is 19.9 Å². The lowest BCUT2D eigenvalue weighted by atomic mass is 10.1. The molecule has 3 aromatic rings. The summed E-state index contributed by atoms with van der Waals surface area (Å²) >= 11 is 1.17. The number of aryl methyl sites for hydroxylation is 1. The molecule has 0 atom stereocenters. The first-order chi connectivity index (χ1) is 10.6. The van der Waals surface area contributed by atoms with E-state index < -0.39 is 0 Å². The van der Waals surface area contributed by atoms with E-state index in [4.69, 9.17) is 0 Å². The summed E-state index contributed by atoms with van der Waals surface area (Å²) in [5.74, 6) is 0. The van der Waals surface area contributed by atoms with E-state index in [0.717, 1.165) is 18.5 Å². The van der Waals surface area contributed by atoms with Crippen LogP contribution in [0, 0.1) is 17.0 Å². The summed E-state index contributed by atoms with van der Waals surface area (Å²) in [6.45, 7) is 3.62. The lowest BCUT2D eigenvalue weighted by Gasteiger charge is -2.04. The first-order valence-corrected chi connectivity index (χ1v) is 8.01. The lowest BCUT2D eigenvalue weighted by molar-refractivity contribution is -0.380. The molecule has 2 heterocycles. The molecule has 0 spiro atoms. The fourth-order valence-electron chi connectivity index (χ4n) is 2.66. The average Bonchev–Trinajstić information content (AvgIpc) is 3.11. The Morgan fingerprint density at radius 2 is 2.27 bits per heavy atom. The van der Waals surface area contributed by atoms with Crippen molar-refractivity contribution in [3.63, 3.8) is 0 Å². The van der Waals surface area contributed by atoms with Gasteiger partial charge in [-0.25, -0.2) is 0 Å². The summed E-state index contributed by atoms with van der Waals surface area (Å²) in [7, 11) is 0. The molecule has 0 amide bonds. The summed E-state index contributed by atoms with van der Waals surface area (Å²) in [4.78, 5) is 13.6. The minimum atomic E-state index is -0.344. The number of benzene rings is 1. The number of aromatic amines is 1. The highest BCUT2D eigenvalue weighted by Gasteiger charge is 2.09. The van der Waals surface area contributed by atoms with Gasteiger partial charge >= 0.3 is 5.00 Å². The normalized spacial score (nSPS) is 11.1. The topological polar surface area (TPSA) is 71.0 Å². The van der Waals surface area contributed by atoms with Gasteiger partial charge in [-0.3, -0.25) is 10.1 Å². The third-order valence-electron chi connectivity index (χ3n) is 3.72. The number of fused-ring (bicyclic) bond motifs is 1. The Labute approximate surface area is 132 Å². The predicted octanol–water partition coefficient (Wildman–Crippen LogP) is 3.78. The van der Waals surface area contributed by atoms with Gasteiger partial charge in [-0.2, -0.15) is 0 Å². The molecular formula is C16H17N3O2S. The average molecular weight is 315 g/mol. The van der Waals surface area contributed by atoms with Gasteiger partial charge in [-0.1, -0.05) is 23.5 Å². The second-order valence-electron chi connectivity index (χ2n) is 5.29. The number of hydrogen-bond donors (Lipinski definition) is 2. The van der Waals surface area contributed by atoms with Crippen molar-refractivity contribution in [1.29, 1.82) is 0 Å². The molecule has 0 saturated carbocycles. The predicted molar refractivity (Wildman–Crippen MR) is 89.4 cm³/mol. The maximum absolute atomic E-state index is 10.6. The maximum atomic E-state index is 10.6. The van der Waals surface area contributed by atoms with Gasteiger partial charge in [0.1, 0.15) is 0 Å². The highest BCUT2D eigenvalue weighted by molar-refractivity contribution is 7.13. The van der Waals surface area contributed by atoms with Crippen LogP contribution in [0.1, 0.15) is 16.7 Å². The zero-order valence-corrected chi connectivity index (χ0v) is 13.1. The van der Waals surface area contributed by atoms with Gasteiger partial charge in [-0.05, 0) is 42.6 Å². The van der Waals surface area contributed by atoms with Crippen LogP contribution in [-0.2, 0) is 13.0 Å². The Kier molecular flexibility index (Phi) is 4.22. The van der Waals surface area contributed by atoms with E-state index in [1.165, 1.54) is 33.4 Å². The minimum Gasteiger partial charge on any atom is -0.361 e. The van der Waals surface area contributed by atoms with E-state index in [1.807, 2.05) is 5.38 Å². The van der Waals surface area contributed by atoms with E-state index in [0.29, 0.717) is 6.54 Å². The number of rotatable bonds is 6. The van der Waals surface area contributed by atoms with Gasteiger partial charge < -0.3 is 10.3 Å². The molecule has 0 aliphatic heterocycles. The molecule has 1 aromatic carbocycles. The number of hydrogen-bond acceptors (Lipinski definition) is 4. The molecule has 0 unspecified atom stereocenters. The van der Waals surface area contributed by atoms with Crippen molar-refractivity contribution in [3.8, 4) is 0 Å². The van der Waals surface area contributed by atoms with E-state index >= 15 is 0 Å². The number of nitro groups is 1. The Hall–Kier alpha value is -2.18. The summed E-state index contributed by atoms with van der Waals surface area (Å²) in [5, 5.41) is 17.3. The maximum Gasteiger partial charge on any atom is 0.324 e. The van der Waals surface area contributed by atoms with Crippen molar-refractivity contribution in [1.82, 2.24) is 10.3 Å². The van der Waals surface area contributed by atoms with Gasteiger partial charge in [0.05, 0.1) is 4.92 Å². The van der Waals surface area contributed by atoms with Crippen molar-refractivity contribution in [2.24, 2.45) is 0 Å². The third-order valence-corrected chi connectivity index (χ3v) is 4.64. The van der Waals surface area contributed by atoms with Crippen LogP contribution in [0.15, 0.2) is 35.8 Å². The van der Waals surface area contributed by atoms with Crippen LogP contribution in [-0.4, -0.2) is 16.5 Å². The van der Waals surface area contributed by atoms with Gasteiger partial charge in [0.25, 0.3) is 0 Å². The van der Waals surface area contributed by atoms with Crippen molar-refractivity contribution in [3.05, 3.63) is 62.6 Å². The van der Waals surface area contributed by atoms with Crippen molar-refractivity contribution >= 4 is 27.2 Å². The first-order valence-electron chi connectivity index (χ1n) is 7.13. The molecule has 3 rings (SSSR count). The molecule has 0 saturated heterocycles. The molecule has 22 heavy (non-hydrogen) atoms. The number of H-pyrrole nitrogens is 1. The molecule has 114 valence electrons. The number of aromatic nitrogens is 1. The standard InChI is InChI=1S/C16H17N3O2S/c1-11-3-2-4-14-16(11)13(9-18-14)5-6-17-8-12-7-15(19(20)21)22-10-12/h2-4,7,9-10,17-18H,5-6,8H2,1H3. The number of nitrogens with one attached hydrogen (secondary N) is 2. The fraction of sp³-hybridized carbons (Fsp3) is 0.250. The second-order valence-corrected chi connectivity index (χ2v) is 6.18. The van der Waals surface area contributed by atoms with Gasteiger partial charge in [0.15, 0.2) is 0 Å². The number of thiophene rings is 1. The van der Waals surface area contributed by atoms with E-state index in [-0.39, 0.29) is 9.92 Å². The highest BCUT2D eigenvalue weighted by Crippen LogP contribution is 2.23. The Balaban J connectivity index is 1.57. The molecular weight excluding hydrogens is 298 g/mol. The van der Waals surface area contributed by atoms with E-state index in [1.54, 1.807) is 6.07 Å². The smallest absolute Gasteiger partial charge is 0.324 e. The van der Waals surface area contributed by atoms with Crippen LogP contribution in [0.5, 0.6) is 0 Å². The quantitative estimate of drug-likeness (QED) is 0.413. The van der Waals surface area contributed by atoms with Crippen LogP contribution >= 0.6 is 11.3 Å². The summed E-state index contributed by atoms with van der Waals surface area (Å²) < 4.78 is 0. The van der Waals surface area contributed by atoms with E-state index in [2.05, 4.69) is 41.6 Å². The van der Waals surface area contributed by atoms with Crippen LogP contribution in [0.2, 0.25) is 0 Å². The molecule has 6 heteroatoms. The molecule has 2 aromatic heterocycles. The van der Waals surface area contributed by atoms with Crippen molar-refractivity contribution in [2.75, 3.05) is 6.54 Å². The molecule has 0 fully saturated rings. The molecule has 0 bridgehead atoms. The van der Waals surface area contributed by atoms with Crippen LogP contribution < -0.4 is 5.32 Å². The Bertz CT molecular complexity index is 807. The Morgan fingerprint density at radius 1 is 1.41 bits per heavy atom. The molecule has 5 nitrogen and oxygen atoms in total.